The molecule has 4 aromatic rings. The summed E-state index contributed by atoms with van der Waals surface area (Å²) in [5.74, 6) is 3.25. The molecule has 0 bridgehead atoms. The minimum Gasteiger partial charge on any atom is -0.493 e. The number of fused-ring (bicyclic) bond motifs is 2. The van der Waals surface area contributed by atoms with Crippen LogP contribution in [0.3, 0.4) is 0 Å². The van der Waals surface area contributed by atoms with E-state index < -0.39 is 6.43 Å². The van der Waals surface area contributed by atoms with Gasteiger partial charge in [0.25, 0.3) is 6.43 Å². The fraction of sp³-hybridized carbons (Fsp3) is 0.231. The van der Waals surface area contributed by atoms with E-state index in [9.17, 15) is 13.6 Å². The SMILES string of the molecule is O=C1CCc2c(Oc3ccc4c(c3)CC(c3nc(-c5ccnc(C(F)F)c5)c[nH]3)CO4)ccnc2N1. The van der Waals surface area contributed by atoms with Crippen LogP contribution in [0.2, 0.25) is 0 Å². The number of imidazole rings is 1. The van der Waals surface area contributed by atoms with Crippen molar-refractivity contribution in [3.63, 3.8) is 0 Å². The Morgan fingerprint density at radius 3 is 2.86 bits per heavy atom. The lowest BCUT2D eigenvalue weighted by atomic mass is 9.96. The van der Waals surface area contributed by atoms with Crippen molar-refractivity contribution in [1.29, 1.82) is 0 Å². The Hall–Kier alpha value is -4.34. The molecular weight excluding hydrogens is 468 g/mol. The number of hydrogen-bond acceptors (Lipinski definition) is 6. The molecule has 0 fully saturated rings. The molecule has 2 aliphatic heterocycles. The van der Waals surface area contributed by atoms with E-state index in [4.69, 9.17) is 9.47 Å². The molecule has 2 N–H and O–H groups in total. The van der Waals surface area contributed by atoms with Crippen LogP contribution in [0.15, 0.2) is 55.0 Å². The number of pyridine rings is 2. The molecular formula is C26H21F2N5O3. The summed E-state index contributed by atoms with van der Waals surface area (Å²) in [6.07, 6.45) is 3.67. The van der Waals surface area contributed by atoms with Crippen LogP contribution in [0.25, 0.3) is 11.3 Å². The number of hydrogen-bond donors (Lipinski definition) is 2. The molecule has 182 valence electrons. The first-order valence-corrected chi connectivity index (χ1v) is 11.5. The number of benzene rings is 1. The quantitative estimate of drug-likeness (QED) is 0.400. The van der Waals surface area contributed by atoms with Gasteiger partial charge in [0.1, 0.15) is 34.6 Å². The van der Waals surface area contributed by atoms with Crippen LogP contribution >= 0.6 is 0 Å². The number of aromatic amines is 1. The number of nitrogens with zero attached hydrogens (tertiary/aromatic N) is 3. The molecule has 1 aromatic carbocycles. The van der Waals surface area contributed by atoms with Crippen molar-refractivity contribution in [1.82, 2.24) is 19.9 Å². The summed E-state index contributed by atoms with van der Waals surface area (Å²) in [5, 5.41) is 2.78. The summed E-state index contributed by atoms with van der Waals surface area (Å²) in [4.78, 5) is 27.4. The molecule has 2 aliphatic rings. The summed E-state index contributed by atoms with van der Waals surface area (Å²) in [6.45, 7) is 0.441. The maximum atomic E-state index is 13.0. The number of amides is 1. The number of nitrogens with one attached hydrogen (secondary N) is 2. The number of carbonyl (C=O) groups is 1. The molecule has 0 saturated heterocycles. The molecule has 5 heterocycles. The topological polar surface area (TPSA) is 102 Å². The number of ether oxygens (including phenoxy) is 2. The lowest BCUT2D eigenvalue weighted by Crippen LogP contribution is -2.20. The predicted octanol–water partition coefficient (Wildman–Crippen LogP) is 5.20. The summed E-state index contributed by atoms with van der Waals surface area (Å²) in [6, 6.07) is 10.5. The smallest absolute Gasteiger partial charge is 0.280 e. The number of rotatable bonds is 5. The van der Waals surface area contributed by atoms with E-state index in [-0.39, 0.29) is 17.5 Å². The lowest BCUT2D eigenvalue weighted by molar-refractivity contribution is -0.116. The zero-order valence-electron chi connectivity index (χ0n) is 19.0. The first-order chi connectivity index (χ1) is 17.5. The van der Waals surface area contributed by atoms with Crippen LogP contribution < -0.4 is 14.8 Å². The monoisotopic (exact) mass is 489 g/mol. The zero-order valence-corrected chi connectivity index (χ0v) is 19.0. The molecule has 0 spiro atoms. The number of H-pyrrole nitrogens is 1. The number of alkyl halides is 2. The highest BCUT2D eigenvalue weighted by Gasteiger charge is 2.25. The van der Waals surface area contributed by atoms with Gasteiger partial charge in [0.05, 0.1) is 18.2 Å². The van der Waals surface area contributed by atoms with Crippen molar-refractivity contribution in [3.8, 4) is 28.5 Å². The van der Waals surface area contributed by atoms with Crippen LogP contribution in [0.5, 0.6) is 17.2 Å². The van der Waals surface area contributed by atoms with Crippen molar-refractivity contribution in [2.75, 3.05) is 11.9 Å². The summed E-state index contributed by atoms with van der Waals surface area (Å²) in [5.41, 5.74) is 2.72. The Balaban J connectivity index is 1.21. The van der Waals surface area contributed by atoms with Crippen LogP contribution in [0.1, 0.15) is 41.4 Å². The first kappa shape index (κ1) is 22.1. The number of carbonyl (C=O) groups excluding carboxylic acids is 1. The Morgan fingerprint density at radius 2 is 1.97 bits per heavy atom. The van der Waals surface area contributed by atoms with Crippen molar-refractivity contribution in [3.05, 3.63) is 77.6 Å². The summed E-state index contributed by atoms with van der Waals surface area (Å²) in [7, 11) is 0. The fourth-order valence-corrected chi connectivity index (χ4v) is 4.51. The second-order valence-corrected chi connectivity index (χ2v) is 8.71. The summed E-state index contributed by atoms with van der Waals surface area (Å²) < 4.78 is 38.2. The van der Waals surface area contributed by atoms with Gasteiger partial charge >= 0.3 is 0 Å². The van der Waals surface area contributed by atoms with E-state index in [0.29, 0.717) is 54.4 Å². The van der Waals surface area contributed by atoms with Gasteiger partial charge in [0.15, 0.2) is 0 Å². The average Bonchev–Trinajstić information content (AvgIpc) is 3.39. The minimum atomic E-state index is -2.64. The molecule has 0 saturated carbocycles. The number of aromatic nitrogens is 4. The molecule has 0 aliphatic carbocycles. The third kappa shape index (κ3) is 4.26. The van der Waals surface area contributed by atoms with Gasteiger partial charge in [0, 0.05) is 36.1 Å². The molecule has 6 rings (SSSR count). The van der Waals surface area contributed by atoms with Gasteiger partial charge in [-0.2, -0.15) is 0 Å². The van der Waals surface area contributed by atoms with Crippen LogP contribution in [-0.4, -0.2) is 32.4 Å². The highest BCUT2D eigenvalue weighted by atomic mass is 19.3. The van der Waals surface area contributed by atoms with Crippen molar-refractivity contribution in [2.45, 2.75) is 31.6 Å². The molecule has 10 heteroatoms. The Labute approximate surface area is 204 Å². The standard InChI is InChI=1S/C26H21F2N5O3/c27-24(28)19-11-14(5-7-29-19)20-12-31-25(32-20)16-9-15-10-17(1-3-21(15)35-13-16)36-22-6-8-30-26-18(22)2-4-23(34)33-26/h1,3,5-8,10-12,16,24H,2,4,9,13H2,(H,31,32)(H,30,33,34). The molecule has 1 unspecified atom stereocenters. The van der Waals surface area contributed by atoms with Crippen LogP contribution in [0, 0.1) is 0 Å². The fourth-order valence-electron chi connectivity index (χ4n) is 4.51. The van der Waals surface area contributed by atoms with E-state index in [1.165, 1.54) is 12.3 Å². The van der Waals surface area contributed by atoms with Crippen molar-refractivity contribution < 1.29 is 23.0 Å². The van der Waals surface area contributed by atoms with Gasteiger partial charge in [-0.1, -0.05) is 0 Å². The van der Waals surface area contributed by atoms with Gasteiger partial charge in [0.2, 0.25) is 5.91 Å². The van der Waals surface area contributed by atoms with E-state index in [2.05, 4.69) is 25.3 Å². The predicted molar refractivity (Wildman–Crippen MR) is 126 cm³/mol. The van der Waals surface area contributed by atoms with Gasteiger partial charge in [-0.15, -0.1) is 0 Å². The Kier molecular flexibility index (Phi) is 5.55. The van der Waals surface area contributed by atoms with Gasteiger partial charge in [-0.25, -0.2) is 18.7 Å². The molecule has 8 nitrogen and oxygen atoms in total. The van der Waals surface area contributed by atoms with E-state index >= 15 is 0 Å². The first-order valence-electron chi connectivity index (χ1n) is 11.5. The van der Waals surface area contributed by atoms with Crippen molar-refractivity contribution >= 4 is 11.7 Å². The summed E-state index contributed by atoms with van der Waals surface area (Å²) >= 11 is 0. The molecule has 3 aromatic heterocycles. The highest BCUT2D eigenvalue weighted by molar-refractivity contribution is 5.93. The molecule has 1 atom stereocenters. The maximum absolute atomic E-state index is 13.0. The molecule has 1 amide bonds. The van der Waals surface area contributed by atoms with Gasteiger partial charge in [-0.05, 0) is 54.8 Å². The molecule has 36 heavy (non-hydrogen) atoms. The van der Waals surface area contributed by atoms with E-state index in [1.807, 2.05) is 18.2 Å². The Bertz CT molecular complexity index is 1460. The Morgan fingerprint density at radius 1 is 1.08 bits per heavy atom. The highest BCUT2D eigenvalue weighted by Crippen LogP contribution is 2.37. The van der Waals surface area contributed by atoms with Crippen molar-refractivity contribution in [2.24, 2.45) is 0 Å². The number of anilines is 1. The average molecular weight is 489 g/mol. The normalized spacial score (nSPS) is 16.6. The van der Waals surface area contributed by atoms with E-state index in [1.54, 1.807) is 24.5 Å². The third-order valence-electron chi connectivity index (χ3n) is 6.32. The lowest BCUT2D eigenvalue weighted by Gasteiger charge is -2.25. The van der Waals surface area contributed by atoms with E-state index in [0.717, 1.165) is 22.7 Å². The second-order valence-electron chi connectivity index (χ2n) is 8.71. The third-order valence-corrected chi connectivity index (χ3v) is 6.32. The minimum absolute atomic E-state index is 0.0400. The van der Waals surface area contributed by atoms with Crippen LogP contribution in [0.4, 0.5) is 14.6 Å². The maximum Gasteiger partial charge on any atom is 0.280 e. The largest absolute Gasteiger partial charge is 0.493 e. The second kappa shape index (κ2) is 9.03. The van der Waals surface area contributed by atoms with Crippen LogP contribution in [-0.2, 0) is 17.6 Å². The molecule has 0 radical (unpaired) electrons. The number of halogens is 2. The van der Waals surface area contributed by atoms with Gasteiger partial charge in [-0.3, -0.25) is 9.78 Å². The van der Waals surface area contributed by atoms with Gasteiger partial charge < -0.3 is 19.8 Å². The zero-order chi connectivity index (χ0) is 24.6.